The predicted molar refractivity (Wildman–Crippen MR) is 93.8 cm³/mol. The maximum atomic E-state index is 12.0. The molecule has 110 valence electrons. The van der Waals surface area contributed by atoms with E-state index in [9.17, 15) is 4.79 Å². The number of urea groups is 1. The molecule has 0 spiro atoms. The molecule has 0 saturated carbocycles. The highest BCUT2D eigenvalue weighted by Gasteiger charge is 2.05. The monoisotopic (exact) mass is 328 g/mol. The highest BCUT2D eigenvalue weighted by Crippen LogP contribution is 2.26. The Balaban J connectivity index is 1.70. The molecule has 3 aromatic rings. The van der Waals surface area contributed by atoms with E-state index in [-0.39, 0.29) is 6.03 Å². The first-order chi connectivity index (χ1) is 10.7. The van der Waals surface area contributed by atoms with Gasteiger partial charge in [-0.05, 0) is 47.3 Å². The van der Waals surface area contributed by atoms with Crippen molar-refractivity contribution in [3.63, 3.8) is 0 Å². The lowest BCUT2D eigenvalue weighted by Gasteiger charge is -2.09. The van der Waals surface area contributed by atoms with Crippen LogP contribution < -0.4 is 10.6 Å². The summed E-state index contributed by atoms with van der Waals surface area (Å²) in [6.45, 7) is 0. The van der Waals surface area contributed by atoms with Crippen LogP contribution in [0.4, 0.5) is 16.2 Å². The fraction of sp³-hybridized carbons (Fsp3) is 0. The Bertz CT molecular complexity index is 787. The Morgan fingerprint density at radius 2 is 1.64 bits per heavy atom. The van der Waals surface area contributed by atoms with Gasteiger partial charge in [0.05, 0.1) is 0 Å². The van der Waals surface area contributed by atoms with Gasteiger partial charge in [0.1, 0.15) is 0 Å². The van der Waals surface area contributed by atoms with Crippen molar-refractivity contribution in [2.24, 2.45) is 0 Å². The highest BCUT2D eigenvalue weighted by atomic mass is 35.5. The van der Waals surface area contributed by atoms with Crippen LogP contribution in [0.2, 0.25) is 5.02 Å². The summed E-state index contributed by atoms with van der Waals surface area (Å²) in [6, 6.07) is 18.5. The molecule has 2 amide bonds. The summed E-state index contributed by atoms with van der Waals surface area (Å²) in [5.41, 5.74) is 2.47. The first kappa shape index (κ1) is 14.6. The third-order valence-corrected chi connectivity index (χ3v) is 4.16. The van der Waals surface area contributed by atoms with Crippen molar-refractivity contribution in [1.82, 2.24) is 0 Å². The van der Waals surface area contributed by atoms with E-state index >= 15 is 0 Å². The fourth-order valence-electron chi connectivity index (χ4n) is 2.05. The smallest absolute Gasteiger partial charge is 0.308 e. The van der Waals surface area contributed by atoms with Gasteiger partial charge in [-0.3, -0.25) is 0 Å². The SMILES string of the molecule is O=C(Nc1cccc(Cl)c1)Nc1cccc(-c2cccs2)c1. The van der Waals surface area contributed by atoms with Gasteiger partial charge < -0.3 is 10.6 Å². The molecule has 1 heterocycles. The van der Waals surface area contributed by atoms with Crippen LogP contribution in [0.3, 0.4) is 0 Å². The summed E-state index contributed by atoms with van der Waals surface area (Å²) < 4.78 is 0. The van der Waals surface area contributed by atoms with Gasteiger partial charge in [-0.1, -0.05) is 35.9 Å². The molecular weight excluding hydrogens is 316 g/mol. The number of carbonyl (C=O) groups is 1. The van der Waals surface area contributed by atoms with Crippen LogP contribution in [-0.2, 0) is 0 Å². The second-order valence-electron chi connectivity index (χ2n) is 4.65. The van der Waals surface area contributed by atoms with Crippen LogP contribution in [0.25, 0.3) is 10.4 Å². The third kappa shape index (κ3) is 3.67. The van der Waals surface area contributed by atoms with Gasteiger partial charge in [-0.2, -0.15) is 0 Å². The predicted octanol–water partition coefficient (Wildman–Crippen LogP) is 5.71. The minimum absolute atomic E-state index is 0.300. The molecule has 5 heteroatoms. The molecule has 2 N–H and O–H groups in total. The molecule has 22 heavy (non-hydrogen) atoms. The number of nitrogens with one attached hydrogen (secondary N) is 2. The van der Waals surface area contributed by atoms with Crippen LogP contribution >= 0.6 is 22.9 Å². The van der Waals surface area contributed by atoms with E-state index in [2.05, 4.69) is 16.7 Å². The number of halogens is 1. The van der Waals surface area contributed by atoms with Gasteiger partial charge in [0, 0.05) is 21.3 Å². The van der Waals surface area contributed by atoms with E-state index in [1.807, 2.05) is 35.7 Å². The summed E-state index contributed by atoms with van der Waals surface area (Å²) in [5, 5.41) is 8.19. The molecule has 0 atom stereocenters. The lowest BCUT2D eigenvalue weighted by molar-refractivity contribution is 0.262. The van der Waals surface area contributed by atoms with Crippen molar-refractivity contribution in [2.75, 3.05) is 10.6 Å². The Labute approximate surface area is 137 Å². The Morgan fingerprint density at radius 1 is 0.909 bits per heavy atom. The number of rotatable bonds is 3. The fourth-order valence-corrected chi connectivity index (χ4v) is 2.97. The topological polar surface area (TPSA) is 41.1 Å². The molecule has 0 radical (unpaired) electrons. The van der Waals surface area contributed by atoms with Gasteiger partial charge >= 0.3 is 6.03 Å². The van der Waals surface area contributed by atoms with E-state index in [0.29, 0.717) is 10.7 Å². The summed E-state index contributed by atoms with van der Waals surface area (Å²) >= 11 is 7.56. The quantitative estimate of drug-likeness (QED) is 0.635. The van der Waals surface area contributed by atoms with Crippen molar-refractivity contribution in [1.29, 1.82) is 0 Å². The number of benzene rings is 2. The first-order valence-electron chi connectivity index (χ1n) is 6.68. The largest absolute Gasteiger partial charge is 0.323 e. The minimum Gasteiger partial charge on any atom is -0.308 e. The molecule has 0 unspecified atom stereocenters. The van der Waals surface area contributed by atoms with Crippen molar-refractivity contribution >= 4 is 40.3 Å². The average Bonchev–Trinajstić information content (AvgIpc) is 3.01. The maximum absolute atomic E-state index is 12.0. The van der Waals surface area contributed by atoms with Crippen molar-refractivity contribution in [3.05, 3.63) is 71.1 Å². The second kappa shape index (κ2) is 6.64. The molecular formula is C17H13ClN2OS. The van der Waals surface area contributed by atoms with Gasteiger partial charge in [-0.15, -0.1) is 11.3 Å². The van der Waals surface area contributed by atoms with Crippen molar-refractivity contribution < 1.29 is 4.79 Å². The van der Waals surface area contributed by atoms with Crippen LogP contribution in [0.5, 0.6) is 0 Å². The summed E-state index contributed by atoms with van der Waals surface area (Å²) in [7, 11) is 0. The number of hydrogen-bond acceptors (Lipinski definition) is 2. The molecule has 0 fully saturated rings. The maximum Gasteiger partial charge on any atom is 0.323 e. The number of anilines is 2. The van der Waals surface area contributed by atoms with Crippen LogP contribution in [-0.4, -0.2) is 6.03 Å². The molecule has 0 saturated heterocycles. The molecule has 3 nitrogen and oxygen atoms in total. The number of hydrogen-bond donors (Lipinski definition) is 2. The standard InChI is InChI=1S/C17H13ClN2OS/c18-13-5-2-7-15(11-13)20-17(21)19-14-6-1-4-12(10-14)16-8-3-9-22-16/h1-11H,(H2,19,20,21). The molecule has 0 aliphatic heterocycles. The van der Waals surface area contributed by atoms with E-state index < -0.39 is 0 Å². The Morgan fingerprint density at radius 3 is 2.32 bits per heavy atom. The molecule has 0 aliphatic rings. The van der Waals surface area contributed by atoms with E-state index in [4.69, 9.17) is 11.6 Å². The Kier molecular flexibility index (Phi) is 4.42. The van der Waals surface area contributed by atoms with Crippen LogP contribution in [0, 0.1) is 0 Å². The highest BCUT2D eigenvalue weighted by molar-refractivity contribution is 7.13. The van der Waals surface area contributed by atoms with Gasteiger partial charge in [-0.25, -0.2) is 4.79 Å². The Hall–Kier alpha value is -2.30. The van der Waals surface area contributed by atoms with Crippen molar-refractivity contribution in [3.8, 4) is 10.4 Å². The van der Waals surface area contributed by atoms with Crippen molar-refractivity contribution in [2.45, 2.75) is 0 Å². The van der Waals surface area contributed by atoms with E-state index in [0.717, 1.165) is 11.3 Å². The van der Waals surface area contributed by atoms with E-state index in [1.54, 1.807) is 35.6 Å². The van der Waals surface area contributed by atoms with E-state index in [1.165, 1.54) is 4.88 Å². The summed E-state index contributed by atoms with van der Waals surface area (Å²) in [5.74, 6) is 0. The number of thiophene rings is 1. The summed E-state index contributed by atoms with van der Waals surface area (Å²) in [4.78, 5) is 13.2. The number of carbonyl (C=O) groups excluding carboxylic acids is 1. The van der Waals surface area contributed by atoms with Crippen LogP contribution in [0.1, 0.15) is 0 Å². The van der Waals surface area contributed by atoms with Gasteiger partial charge in [0.25, 0.3) is 0 Å². The van der Waals surface area contributed by atoms with Gasteiger partial charge in [0.15, 0.2) is 0 Å². The molecule has 2 aromatic carbocycles. The van der Waals surface area contributed by atoms with Crippen LogP contribution in [0.15, 0.2) is 66.0 Å². The average molecular weight is 329 g/mol. The summed E-state index contributed by atoms with van der Waals surface area (Å²) in [6.07, 6.45) is 0. The lowest BCUT2D eigenvalue weighted by atomic mass is 10.1. The number of amides is 2. The molecule has 0 bridgehead atoms. The zero-order chi connectivity index (χ0) is 15.4. The normalized spacial score (nSPS) is 10.2. The first-order valence-corrected chi connectivity index (χ1v) is 7.94. The minimum atomic E-state index is -0.300. The molecule has 1 aromatic heterocycles. The molecule has 3 rings (SSSR count). The zero-order valence-corrected chi connectivity index (χ0v) is 13.1. The third-order valence-electron chi connectivity index (χ3n) is 3.01. The molecule has 0 aliphatic carbocycles. The second-order valence-corrected chi connectivity index (χ2v) is 6.03. The zero-order valence-electron chi connectivity index (χ0n) is 11.5. The lowest BCUT2D eigenvalue weighted by Crippen LogP contribution is -2.19. The van der Waals surface area contributed by atoms with Gasteiger partial charge in [0.2, 0.25) is 0 Å².